The molecule has 0 N–H and O–H groups in total. The normalized spacial score (nSPS) is 21.1. The molecule has 60 heavy (non-hydrogen) atoms. The van der Waals surface area contributed by atoms with Gasteiger partial charge in [0.25, 0.3) is 0 Å². The summed E-state index contributed by atoms with van der Waals surface area (Å²) in [7, 11) is 15.6. The van der Waals surface area contributed by atoms with Crippen LogP contribution in [0.4, 0.5) is 0 Å². The molecule has 2 fully saturated rings. The number of benzene rings is 4. The first-order valence-corrected chi connectivity index (χ1v) is 47.1. The average molecular weight is 969 g/mol. The average Bonchev–Trinajstić information content (AvgIpc) is 3.76. The first-order valence-electron chi connectivity index (χ1n) is 23.8. The third-order valence-electron chi connectivity index (χ3n) is 15.6. The van der Waals surface area contributed by atoms with Crippen molar-refractivity contribution in [3.63, 3.8) is 0 Å². The van der Waals surface area contributed by atoms with Crippen molar-refractivity contribution in [1.29, 1.82) is 0 Å². The van der Waals surface area contributed by atoms with Gasteiger partial charge in [0.2, 0.25) is 0 Å². The Morgan fingerprint density at radius 3 is 1.20 bits per heavy atom. The van der Waals surface area contributed by atoms with Crippen LogP contribution in [0.5, 0.6) is 0 Å². The summed E-state index contributed by atoms with van der Waals surface area (Å²) in [6.07, 6.45) is 21.1. The van der Waals surface area contributed by atoms with Gasteiger partial charge in [-0.1, -0.05) is 0 Å². The van der Waals surface area contributed by atoms with Gasteiger partial charge in [0.05, 0.1) is 0 Å². The molecule has 8 rings (SSSR count). The topological polar surface area (TPSA) is 0 Å². The number of aryl methyl sites for hydroxylation is 2. The van der Waals surface area contributed by atoms with Gasteiger partial charge >= 0.3 is 379 Å². The van der Waals surface area contributed by atoms with E-state index in [-0.39, 0.29) is 7.25 Å². The third-order valence-corrected chi connectivity index (χ3v) is 71.5. The van der Waals surface area contributed by atoms with Crippen molar-refractivity contribution in [3.05, 3.63) is 117 Å². The molecule has 2 saturated carbocycles. The molecule has 0 radical (unpaired) electrons. The predicted molar refractivity (Wildman–Crippen MR) is 274 cm³/mol. The molecule has 6 heteroatoms. The fourth-order valence-corrected chi connectivity index (χ4v) is 45.7. The van der Waals surface area contributed by atoms with Gasteiger partial charge in [0, 0.05) is 0 Å². The van der Waals surface area contributed by atoms with E-state index in [0.717, 1.165) is 12.8 Å². The molecule has 2 unspecified atom stereocenters. The van der Waals surface area contributed by atoms with Crippen molar-refractivity contribution in [1.82, 2.24) is 0 Å². The van der Waals surface area contributed by atoms with Gasteiger partial charge in [-0.3, -0.25) is 0 Å². The van der Waals surface area contributed by atoms with Crippen LogP contribution in [0.3, 0.4) is 0 Å². The molecule has 0 nitrogen and oxygen atoms in total. The van der Waals surface area contributed by atoms with E-state index in [1.807, 2.05) is 0 Å². The van der Waals surface area contributed by atoms with E-state index in [2.05, 4.69) is 151 Å². The Morgan fingerprint density at radius 2 is 0.883 bits per heavy atom. The predicted octanol–water partition coefficient (Wildman–Crippen LogP) is 16.2. The van der Waals surface area contributed by atoms with Gasteiger partial charge in [0.15, 0.2) is 0 Å². The van der Waals surface area contributed by atoms with Crippen LogP contribution >= 0.6 is 17.0 Å². The summed E-state index contributed by atoms with van der Waals surface area (Å²) >= 11 is -5.06. The van der Waals surface area contributed by atoms with E-state index in [1.54, 1.807) is 11.1 Å². The Kier molecular flexibility index (Phi) is 12.9. The molecule has 0 bridgehead atoms. The van der Waals surface area contributed by atoms with E-state index in [0.29, 0.717) is 11.8 Å². The molecule has 4 aromatic rings. The standard InChI is InChI=1S/2C26H33Si.C2H7Si.2ClH.Zr/c2*1-19-14-23-17-21(16-20-8-6-5-7-9-20)18-26(23)25(15-19)22-10-12-24(13-11-22)27(2,3)4;1-3-2;;;/h2*10-15,17-18,20H,5-9,16H2,1-4H3;3H,1-2H3;2*1H;/q;;;;;+2/p-2. The molecule has 319 valence electrons. The first kappa shape index (κ1) is 45.1. The summed E-state index contributed by atoms with van der Waals surface area (Å²) in [4.78, 5) is 0. The van der Waals surface area contributed by atoms with Gasteiger partial charge < -0.3 is 0 Å². The van der Waals surface area contributed by atoms with E-state index in [1.165, 1.54) is 130 Å². The molecular weight excluding hydrogens is 895 g/mol. The van der Waals surface area contributed by atoms with E-state index >= 15 is 0 Å². The number of rotatable bonds is 11. The van der Waals surface area contributed by atoms with E-state index in [9.17, 15) is 17.0 Å². The molecule has 0 heterocycles. The van der Waals surface area contributed by atoms with Gasteiger partial charge in [-0.05, 0) is 0 Å². The zero-order chi connectivity index (χ0) is 42.8. The molecule has 4 aliphatic rings. The van der Waals surface area contributed by atoms with Crippen molar-refractivity contribution in [2.45, 2.75) is 151 Å². The van der Waals surface area contributed by atoms with Crippen molar-refractivity contribution >= 4 is 61.6 Å². The molecule has 0 spiro atoms. The van der Waals surface area contributed by atoms with Gasteiger partial charge in [-0.2, -0.15) is 0 Å². The Hall–Kier alpha value is -1.53. The Labute approximate surface area is 375 Å². The van der Waals surface area contributed by atoms with Crippen molar-refractivity contribution in [2.75, 3.05) is 0 Å². The molecule has 0 saturated heterocycles. The second kappa shape index (κ2) is 17.1. The SMILES string of the molecule is Cc1cc(-c2ccc([Si](C)(C)C)cc2)c2c(c1)[CH]([Zr]([Cl])([Cl])([CH]1C(CC3CCCCC3)=Cc3c(-c4ccc([Si](C)(C)C)cc4)cc(C)cc31)[SiH](C)C)C(CC1CCCCC1)=C2. The van der Waals surface area contributed by atoms with Gasteiger partial charge in [-0.15, -0.1) is 0 Å². The molecule has 4 aromatic carbocycles. The van der Waals surface area contributed by atoms with E-state index < -0.39 is 37.6 Å². The Balaban J connectivity index is 1.34. The van der Waals surface area contributed by atoms with Gasteiger partial charge in [0.1, 0.15) is 0 Å². The molecule has 0 aromatic heterocycles. The molecule has 0 aliphatic heterocycles. The van der Waals surface area contributed by atoms with Crippen LogP contribution in [0.2, 0.25) is 52.4 Å². The van der Waals surface area contributed by atoms with Crippen LogP contribution in [0.1, 0.15) is 118 Å². The maximum absolute atomic E-state index is 9.23. The molecule has 4 aliphatic carbocycles. The van der Waals surface area contributed by atoms with Crippen molar-refractivity contribution < 1.29 is 15.6 Å². The zero-order valence-electron chi connectivity index (χ0n) is 38.7. The number of allylic oxidation sites excluding steroid dienone is 2. The van der Waals surface area contributed by atoms with Crippen LogP contribution in [0, 0.1) is 25.7 Å². The fraction of sp³-hybridized carbons (Fsp3) is 0.481. The Bertz CT molecular complexity index is 2140. The fourth-order valence-electron chi connectivity index (χ4n) is 12.1. The minimum atomic E-state index is -5.06. The summed E-state index contributed by atoms with van der Waals surface area (Å²) in [5.41, 5.74) is 17.0. The molecular formula is C54H73Cl2Si3Zr. The first-order chi connectivity index (χ1) is 28.3. The van der Waals surface area contributed by atoms with Crippen LogP contribution in [0.15, 0.2) is 83.9 Å². The van der Waals surface area contributed by atoms with Crippen LogP contribution in [-0.4, -0.2) is 22.1 Å². The second-order valence-corrected chi connectivity index (χ2v) is 75.0. The number of halogens is 2. The van der Waals surface area contributed by atoms with Crippen LogP contribution in [-0.2, 0) is 15.6 Å². The Morgan fingerprint density at radius 1 is 0.533 bits per heavy atom. The quantitative estimate of drug-likeness (QED) is 0.131. The maximum atomic E-state index is 9.23. The summed E-state index contributed by atoms with van der Waals surface area (Å²) in [5, 5.41) is 3.03. The second-order valence-electron chi connectivity index (χ2n) is 22.4. The summed E-state index contributed by atoms with van der Waals surface area (Å²) in [6.45, 7) is 24.5. The number of fused-ring (bicyclic) bond motifs is 2. The summed E-state index contributed by atoms with van der Waals surface area (Å²) in [5.74, 6) is -0.298. The molecule has 0 amide bonds. The summed E-state index contributed by atoms with van der Waals surface area (Å²) in [6, 6.07) is 29.3. The summed E-state index contributed by atoms with van der Waals surface area (Å²) < 4.78 is 0.257. The van der Waals surface area contributed by atoms with Crippen molar-refractivity contribution in [2.24, 2.45) is 11.8 Å². The minimum absolute atomic E-state index is 0.129. The molecule has 2 atom stereocenters. The van der Waals surface area contributed by atoms with Crippen molar-refractivity contribution in [3.8, 4) is 22.3 Å². The number of hydrogen-bond donors (Lipinski definition) is 0. The van der Waals surface area contributed by atoms with Gasteiger partial charge in [-0.25, -0.2) is 0 Å². The number of hydrogen-bond acceptors (Lipinski definition) is 0. The zero-order valence-corrected chi connectivity index (χ0v) is 45.8. The monoisotopic (exact) mass is 965 g/mol. The van der Waals surface area contributed by atoms with E-state index in [4.69, 9.17) is 0 Å². The van der Waals surface area contributed by atoms with Crippen LogP contribution < -0.4 is 10.4 Å². The van der Waals surface area contributed by atoms with Crippen LogP contribution in [0.25, 0.3) is 34.4 Å². The third kappa shape index (κ3) is 8.56.